The van der Waals surface area contributed by atoms with Crippen molar-refractivity contribution in [1.29, 1.82) is 0 Å². The van der Waals surface area contributed by atoms with Crippen LogP contribution in [0.2, 0.25) is 0 Å². The number of nitrogens with one attached hydrogen (secondary N) is 1. The summed E-state index contributed by atoms with van der Waals surface area (Å²) in [5.74, 6) is 0.875. The van der Waals surface area contributed by atoms with Crippen LogP contribution in [0.5, 0.6) is 5.75 Å². The van der Waals surface area contributed by atoms with Gasteiger partial charge in [-0.15, -0.1) is 0 Å². The molecule has 1 aromatic carbocycles. The first-order chi connectivity index (χ1) is 10.2. The number of carboxylic acid groups (broad SMARTS) is 1. The molecule has 0 amide bonds. The van der Waals surface area contributed by atoms with Gasteiger partial charge in [-0.3, -0.25) is 4.79 Å². The summed E-state index contributed by atoms with van der Waals surface area (Å²) in [6, 6.07) is 8.06. The van der Waals surface area contributed by atoms with E-state index in [0.29, 0.717) is 13.1 Å². The predicted molar refractivity (Wildman–Crippen MR) is 82.5 cm³/mol. The number of carbonyl (C=O) groups is 1. The third kappa shape index (κ3) is 6.17. The van der Waals surface area contributed by atoms with Crippen molar-refractivity contribution in [2.24, 2.45) is 5.92 Å². The summed E-state index contributed by atoms with van der Waals surface area (Å²) in [6.45, 7) is 2.02. The Bertz CT molecular complexity index is 424. The molecule has 1 saturated carbocycles. The van der Waals surface area contributed by atoms with Gasteiger partial charge in [-0.1, -0.05) is 31.4 Å². The van der Waals surface area contributed by atoms with Crippen LogP contribution in [0.25, 0.3) is 0 Å². The molecule has 4 heteroatoms. The lowest BCUT2D eigenvalue weighted by molar-refractivity contribution is -0.136. The minimum atomic E-state index is -0.769. The zero-order valence-corrected chi connectivity index (χ0v) is 12.5. The van der Waals surface area contributed by atoms with E-state index in [4.69, 9.17) is 9.84 Å². The van der Waals surface area contributed by atoms with Gasteiger partial charge < -0.3 is 15.2 Å². The molecule has 0 radical (unpaired) electrons. The fraction of sp³-hybridized carbons (Fsp3) is 0.588. The van der Waals surface area contributed by atoms with E-state index >= 15 is 0 Å². The zero-order chi connectivity index (χ0) is 14.9. The molecule has 2 N–H and O–H groups in total. The van der Waals surface area contributed by atoms with Gasteiger partial charge in [0.05, 0.1) is 13.0 Å². The van der Waals surface area contributed by atoms with Gasteiger partial charge in [0, 0.05) is 13.1 Å². The molecule has 0 unspecified atom stereocenters. The Morgan fingerprint density at radius 3 is 2.57 bits per heavy atom. The largest absolute Gasteiger partial charge is 0.493 e. The fourth-order valence-corrected chi connectivity index (χ4v) is 2.70. The van der Waals surface area contributed by atoms with Crippen molar-refractivity contribution >= 4 is 5.97 Å². The van der Waals surface area contributed by atoms with Crippen LogP contribution in [0.3, 0.4) is 0 Å². The summed E-state index contributed by atoms with van der Waals surface area (Å²) in [4.78, 5) is 10.4. The monoisotopic (exact) mass is 291 g/mol. The smallest absolute Gasteiger partial charge is 0.304 e. The Morgan fingerprint density at radius 1 is 1.19 bits per heavy atom. The second-order valence-electron chi connectivity index (χ2n) is 5.78. The van der Waals surface area contributed by atoms with Crippen LogP contribution in [-0.4, -0.2) is 24.2 Å². The van der Waals surface area contributed by atoms with E-state index in [9.17, 15) is 4.79 Å². The maximum absolute atomic E-state index is 10.4. The van der Waals surface area contributed by atoms with E-state index in [1.807, 2.05) is 24.3 Å². The van der Waals surface area contributed by atoms with Gasteiger partial charge in [0.2, 0.25) is 0 Å². The number of benzene rings is 1. The first-order valence-corrected chi connectivity index (χ1v) is 7.88. The number of hydrogen-bond acceptors (Lipinski definition) is 3. The molecule has 0 aromatic heterocycles. The lowest BCUT2D eigenvalue weighted by Gasteiger charge is -2.21. The van der Waals surface area contributed by atoms with E-state index in [2.05, 4.69) is 5.32 Å². The molecule has 0 atom stereocenters. The Balaban J connectivity index is 1.67. The molecule has 4 nitrogen and oxygen atoms in total. The minimum Gasteiger partial charge on any atom is -0.493 e. The summed E-state index contributed by atoms with van der Waals surface area (Å²) in [5.41, 5.74) is 1.14. The lowest BCUT2D eigenvalue weighted by atomic mass is 9.90. The summed E-state index contributed by atoms with van der Waals surface area (Å²) < 4.78 is 5.86. The van der Waals surface area contributed by atoms with Crippen LogP contribution in [-0.2, 0) is 11.3 Å². The first-order valence-electron chi connectivity index (χ1n) is 7.88. The van der Waals surface area contributed by atoms with Crippen LogP contribution in [0.4, 0.5) is 0 Å². The number of rotatable bonds is 8. The van der Waals surface area contributed by atoms with Gasteiger partial charge in [-0.05, 0) is 36.5 Å². The van der Waals surface area contributed by atoms with Crippen LogP contribution < -0.4 is 10.1 Å². The maximum Gasteiger partial charge on any atom is 0.304 e. The van der Waals surface area contributed by atoms with E-state index in [1.165, 1.54) is 32.1 Å². The second kappa shape index (κ2) is 8.67. The molecular formula is C17H25NO3. The highest BCUT2D eigenvalue weighted by molar-refractivity contribution is 5.66. The molecule has 1 aliphatic rings. The van der Waals surface area contributed by atoms with Crippen LogP contribution in [0, 0.1) is 5.92 Å². The van der Waals surface area contributed by atoms with Crippen LogP contribution in [0.15, 0.2) is 24.3 Å². The topological polar surface area (TPSA) is 58.6 Å². The normalized spacial score (nSPS) is 15.8. The highest BCUT2D eigenvalue weighted by Gasteiger charge is 2.13. The van der Waals surface area contributed by atoms with Crippen molar-refractivity contribution in [3.05, 3.63) is 29.8 Å². The fourth-order valence-electron chi connectivity index (χ4n) is 2.70. The van der Waals surface area contributed by atoms with Crippen LogP contribution in [0.1, 0.15) is 44.1 Å². The second-order valence-corrected chi connectivity index (χ2v) is 5.78. The lowest BCUT2D eigenvalue weighted by Crippen LogP contribution is -2.17. The van der Waals surface area contributed by atoms with E-state index in [-0.39, 0.29) is 6.42 Å². The van der Waals surface area contributed by atoms with E-state index in [0.717, 1.165) is 23.8 Å². The van der Waals surface area contributed by atoms with Gasteiger partial charge in [0.25, 0.3) is 0 Å². The number of carboxylic acids is 1. The van der Waals surface area contributed by atoms with E-state index in [1.54, 1.807) is 0 Å². The number of aliphatic carboxylic acids is 1. The molecule has 0 heterocycles. The highest BCUT2D eigenvalue weighted by Crippen LogP contribution is 2.24. The van der Waals surface area contributed by atoms with Gasteiger partial charge in [-0.2, -0.15) is 0 Å². The van der Waals surface area contributed by atoms with Gasteiger partial charge in [0.1, 0.15) is 5.75 Å². The molecule has 1 aromatic rings. The third-order valence-corrected chi connectivity index (χ3v) is 3.98. The first kappa shape index (κ1) is 15.8. The molecule has 2 rings (SSSR count). The SMILES string of the molecule is O=C(O)CCNCc1ccc(OCC2CCCCC2)cc1. The summed E-state index contributed by atoms with van der Waals surface area (Å²) >= 11 is 0. The number of ether oxygens (including phenoxy) is 1. The van der Waals surface area contributed by atoms with Gasteiger partial charge in [-0.25, -0.2) is 0 Å². The molecule has 1 aliphatic carbocycles. The summed E-state index contributed by atoms with van der Waals surface area (Å²) in [7, 11) is 0. The molecule has 0 bridgehead atoms. The Hall–Kier alpha value is -1.55. The average molecular weight is 291 g/mol. The Labute approximate surface area is 126 Å². The average Bonchev–Trinajstić information content (AvgIpc) is 2.51. The molecule has 21 heavy (non-hydrogen) atoms. The standard InChI is InChI=1S/C17H25NO3/c19-17(20)10-11-18-12-14-6-8-16(9-7-14)21-13-15-4-2-1-3-5-15/h6-9,15,18H,1-5,10-13H2,(H,19,20). The van der Waals surface area contributed by atoms with Gasteiger partial charge >= 0.3 is 5.97 Å². The molecule has 0 spiro atoms. The van der Waals surface area contributed by atoms with Crippen molar-refractivity contribution in [2.45, 2.75) is 45.1 Å². The quantitative estimate of drug-likeness (QED) is 0.722. The maximum atomic E-state index is 10.4. The van der Waals surface area contributed by atoms with Crippen molar-refractivity contribution in [1.82, 2.24) is 5.32 Å². The Kier molecular flexibility index (Phi) is 6.54. The Morgan fingerprint density at radius 2 is 1.90 bits per heavy atom. The molecule has 116 valence electrons. The van der Waals surface area contributed by atoms with Gasteiger partial charge in [0.15, 0.2) is 0 Å². The van der Waals surface area contributed by atoms with Crippen molar-refractivity contribution in [3.8, 4) is 5.75 Å². The summed E-state index contributed by atoms with van der Waals surface area (Å²) in [5, 5.41) is 11.7. The molecular weight excluding hydrogens is 266 g/mol. The molecule has 0 saturated heterocycles. The molecule has 1 fully saturated rings. The third-order valence-electron chi connectivity index (χ3n) is 3.98. The minimum absolute atomic E-state index is 0.155. The number of hydrogen-bond donors (Lipinski definition) is 2. The molecule has 0 aliphatic heterocycles. The van der Waals surface area contributed by atoms with Crippen LogP contribution >= 0.6 is 0 Å². The van der Waals surface area contributed by atoms with Crippen molar-refractivity contribution in [3.63, 3.8) is 0 Å². The summed E-state index contributed by atoms with van der Waals surface area (Å²) in [6.07, 6.45) is 6.81. The van der Waals surface area contributed by atoms with E-state index < -0.39 is 5.97 Å². The zero-order valence-electron chi connectivity index (χ0n) is 12.5. The van der Waals surface area contributed by atoms with Crippen molar-refractivity contribution in [2.75, 3.05) is 13.2 Å². The predicted octanol–water partition coefficient (Wildman–Crippen LogP) is 3.21. The highest BCUT2D eigenvalue weighted by atomic mass is 16.5. The van der Waals surface area contributed by atoms with Crippen molar-refractivity contribution < 1.29 is 14.6 Å².